The average Bonchev–Trinajstić information content (AvgIpc) is 3.21. The molecule has 1 unspecified atom stereocenters. The molecule has 0 aromatic heterocycles. The lowest BCUT2D eigenvalue weighted by atomic mass is 9.90. The summed E-state index contributed by atoms with van der Waals surface area (Å²) in [6.45, 7) is 3.37. The zero-order chi connectivity index (χ0) is 22.5. The highest BCUT2D eigenvalue weighted by Crippen LogP contribution is 2.32. The van der Waals surface area contributed by atoms with Gasteiger partial charge in [0.2, 0.25) is 5.91 Å². The second-order valence-electron chi connectivity index (χ2n) is 9.24. The first kappa shape index (κ1) is 20.2. The van der Waals surface area contributed by atoms with Crippen LogP contribution in [0.4, 0.5) is 4.79 Å². The van der Waals surface area contributed by atoms with E-state index in [-0.39, 0.29) is 12.5 Å². The first-order chi connectivity index (χ1) is 15.3. The van der Waals surface area contributed by atoms with E-state index in [2.05, 4.69) is 22.8 Å². The van der Waals surface area contributed by atoms with Crippen molar-refractivity contribution in [3.05, 3.63) is 83.4 Å². The number of urea groups is 1. The third-order valence-corrected chi connectivity index (χ3v) is 6.62. The molecule has 0 radical (unpaired) electrons. The summed E-state index contributed by atoms with van der Waals surface area (Å²) in [7, 11) is 0. The van der Waals surface area contributed by atoms with Crippen LogP contribution in [0.3, 0.4) is 0 Å². The molecule has 1 fully saturated rings. The number of rotatable bonds is 4. The standard InChI is InChI=1S/C26H25N3O3/c1-25(14-19-9-5-6-10-20(19)15-25)27-22(30)16-29-23(31)26(2,28-24(29)32)21-12-11-17-7-3-4-8-18(17)13-21/h3-13H,14-16H2,1-2H3,(H,27,30)(H,28,32). The van der Waals surface area contributed by atoms with Gasteiger partial charge in [0.15, 0.2) is 0 Å². The van der Waals surface area contributed by atoms with Crippen molar-refractivity contribution in [2.24, 2.45) is 0 Å². The van der Waals surface area contributed by atoms with Crippen molar-refractivity contribution >= 4 is 28.6 Å². The fourth-order valence-corrected chi connectivity index (χ4v) is 4.95. The molecule has 162 valence electrons. The molecule has 0 saturated carbocycles. The molecule has 4 amide bonds. The van der Waals surface area contributed by atoms with Crippen LogP contribution in [0.2, 0.25) is 0 Å². The molecule has 5 rings (SSSR count). The third-order valence-electron chi connectivity index (χ3n) is 6.62. The molecular formula is C26H25N3O3. The fourth-order valence-electron chi connectivity index (χ4n) is 4.95. The maximum atomic E-state index is 13.3. The minimum absolute atomic E-state index is 0.306. The summed E-state index contributed by atoms with van der Waals surface area (Å²) in [6.07, 6.45) is 1.45. The van der Waals surface area contributed by atoms with Crippen LogP contribution in [0.15, 0.2) is 66.7 Å². The Hall–Kier alpha value is -3.67. The van der Waals surface area contributed by atoms with Gasteiger partial charge in [-0.2, -0.15) is 0 Å². The molecule has 1 heterocycles. The Bertz CT molecular complexity index is 1240. The van der Waals surface area contributed by atoms with Gasteiger partial charge in [-0.1, -0.05) is 60.7 Å². The number of hydrogen-bond donors (Lipinski definition) is 2. The van der Waals surface area contributed by atoms with E-state index in [1.54, 1.807) is 6.92 Å². The molecule has 6 nitrogen and oxygen atoms in total. The number of benzene rings is 3. The highest BCUT2D eigenvalue weighted by Gasteiger charge is 2.50. The number of nitrogens with one attached hydrogen (secondary N) is 2. The molecule has 1 aliphatic carbocycles. The third kappa shape index (κ3) is 3.32. The summed E-state index contributed by atoms with van der Waals surface area (Å²) in [5.74, 6) is -0.764. The summed E-state index contributed by atoms with van der Waals surface area (Å²) in [6, 6.07) is 21.1. The van der Waals surface area contributed by atoms with Crippen LogP contribution in [0.5, 0.6) is 0 Å². The number of carbonyl (C=O) groups is 3. The molecule has 0 bridgehead atoms. The van der Waals surface area contributed by atoms with Gasteiger partial charge < -0.3 is 10.6 Å². The normalized spacial score (nSPS) is 21.5. The smallest absolute Gasteiger partial charge is 0.325 e. The second-order valence-corrected chi connectivity index (χ2v) is 9.24. The van der Waals surface area contributed by atoms with Crippen molar-refractivity contribution in [1.29, 1.82) is 0 Å². The van der Waals surface area contributed by atoms with Crippen LogP contribution >= 0.6 is 0 Å². The van der Waals surface area contributed by atoms with Crippen LogP contribution in [0, 0.1) is 0 Å². The summed E-state index contributed by atoms with van der Waals surface area (Å²) in [4.78, 5) is 39.8. The molecular weight excluding hydrogens is 402 g/mol. The Morgan fingerprint density at radius 1 is 0.938 bits per heavy atom. The van der Waals surface area contributed by atoms with Crippen LogP contribution in [0.1, 0.15) is 30.5 Å². The van der Waals surface area contributed by atoms with E-state index < -0.39 is 23.0 Å². The zero-order valence-corrected chi connectivity index (χ0v) is 18.1. The van der Waals surface area contributed by atoms with Crippen LogP contribution in [-0.2, 0) is 28.0 Å². The monoisotopic (exact) mass is 427 g/mol. The molecule has 2 N–H and O–H groups in total. The summed E-state index contributed by atoms with van der Waals surface area (Å²) in [5, 5.41) is 7.88. The number of fused-ring (bicyclic) bond motifs is 2. The molecule has 32 heavy (non-hydrogen) atoms. The Morgan fingerprint density at radius 2 is 1.56 bits per heavy atom. The van der Waals surface area contributed by atoms with Crippen LogP contribution in [0.25, 0.3) is 10.8 Å². The average molecular weight is 428 g/mol. The quantitative estimate of drug-likeness (QED) is 0.628. The van der Waals surface area contributed by atoms with Crippen molar-refractivity contribution in [1.82, 2.24) is 15.5 Å². The van der Waals surface area contributed by atoms with Gasteiger partial charge >= 0.3 is 6.03 Å². The van der Waals surface area contributed by atoms with Gasteiger partial charge in [-0.25, -0.2) is 4.79 Å². The maximum Gasteiger partial charge on any atom is 0.325 e. The number of carbonyl (C=O) groups excluding carboxylic acids is 3. The molecule has 6 heteroatoms. The van der Waals surface area contributed by atoms with Gasteiger partial charge in [0.25, 0.3) is 5.91 Å². The van der Waals surface area contributed by atoms with Crippen molar-refractivity contribution in [2.45, 2.75) is 37.8 Å². The van der Waals surface area contributed by atoms with Crippen LogP contribution in [-0.4, -0.2) is 34.8 Å². The molecule has 1 atom stereocenters. The number of amides is 4. The second kappa shape index (κ2) is 7.19. The highest BCUT2D eigenvalue weighted by molar-refractivity contribution is 6.09. The van der Waals surface area contributed by atoms with E-state index in [1.807, 2.05) is 61.5 Å². The van der Waals surface area contributed by atoms with Gasteiger partial charge in [-0.3, -0.25) is 14.5 Å². The predicted octanol–water partition coefficient (Wildman–Crippen LogP) is 3.28. The lowest BCUT2D eigenvalue weighted by Gasteiger charge is -2.27. The van der Waals surface area contributed by atoms with Crippen molar-refractivity contribution in [2.75, 3.05) is 6.54 Å². The lowest BCUT2D eigenvalue weighted by Crippen LogP contribution is -2.51. The first-order valence-electron chi connectivity index (χ1n) is 10.8. The summed E-state index contributed by atoms with van der Waals surface area (Å²) in [5.41, 5.74) is 1.48. The Kier molecular flexibility index (Phi) is 4.55. The molecule has 2 aliphatic rings. The number of imide groups is 1. The highest BCUT2D eigenvalue weighted by atomic mass is 16.2. The van der Waals surface area contributed by atoms with E-state index >= 15 is 0 Å². The predicted molar refractivity (Wildman–Crippen MR) is 122 cm³/mol. The van der Waals surface area contributed by atoms with Gasteiger partial charge in [0, 0.05) is 5.54 Å². The van der Waals surface area contributed by atoms with E-state index in [4.69, 9.17) is 0 Å². The SMILES string of the molecule is CC1(NC(=O)CN2C(=O)NC(C)(c3ccc4ccccc4c3)C2=O)Cc2ccccc2C1. The Labute approximate surface area is 186 Å². The first-order valence-corrected chi connectivity index (χ1v) is 10.8. The van der Waals surface area contributed by atoms with E-state index in [0.29, 0.717) is 5.56 Å². The summed E-state index contributed by atoms with van der Waals surface area (Å²) < 4.78 is 0. The van der Waals surface area contributed by atoms with Crippen molar-refractivity contribution in [3.63, 3.8) is 0 Å². The van der Waals surface area contributed by atoms with E-state index in [0.717, 1.165) is 28.5 Å². The fraction of sp³-hybridized carbons (Fsp3) is 0.269. The van der Waals surface area contributed by atoms with Gasteiger partial charge in [0.1, 0.15) is 12.1 Å². The molecule has 3 aromatic carbocycles. The van der Waals surface area contributed by atoms with E-state index in [1.165, 1.54) is 11.1 Å². The number of nitrogens with zero attached hydrogens (tertiary/aromatic N) is 1. The zero-order valence-electron chi connectivity index (χ0n) is 18.1. The van der Waals surface area contributed by atoms with Crippen molar-refractivity contribution < 1.29 is 14.4 Å². The van der Waals surface area contributed by atoms with Gasteiger partial charge in [0.05, 0.1) is 0 Å². The molecule has 1 saturated heterocycles. The van der Waals surface area contributed by atoms with Gasteiger partial charge in [-0.15, -0.1) is 0 Å². The topological polar surface area (TPSA) is 78.5 Å². The minimum atomic E-state index is -1.21. The molecule has 1 aliphatic heterocycles. The Balaban J connectivity index is 1.32. The van der Waals surface area contributed by atoms with Crippen LogP contribution < -0.4 is 10.6 Å². The van der Waals surface area contributed by atoms with Gasteiger partial charge in [-0.05, 0) is 60.2 Å². The molecule has 3 aromatic rings. The van der Waals surface area contributed by atoms with Crippen molar-refractivity contribution in [3.8, 4) is 0 Å². The largest absolute Gasteiger partial charge is 0.349 e. The Morgan fingerprint density at radius 3 is 2.25 bits per heavy atom. The van der Waals surface area contributed by atoms with E-state index in [9.17, 15) is 14.4 Å². The number of hydrogen-bond acceptors (Lipinski definition) is 3. The maximum absolute atomic E-state index is 13.3. The lowest BCUT2D eigenvalue weighted by molar-refractivity contribution is -0.135. The summed E-state index contributed by atoms with van der Waals surface area (Å²) >= 11 is 0. The molecule has 0 spiro atoms. The minimum Gasteiger partial charge on any atom is -0.349 e.